The Morgan fingerprint density at radius 1 is 1.32 bits per heavy atom. The number of halogens is 1. The van der Waals surface area contributed by atoms with Crippen molar-refractivity contribution in [2.24, 2.45) is 16.8 Å². The molecule has 0 aromatic heterocycles. The summed E-state index contributed by atoms with van der Waals surface area (Å²) < 4.78 is 28.5. The summed E-state index contributed by atoms with van der Waals surface area (Å²) in [5, 5.41) is 3.27. The van der Waals surface area contributed by atoms with Crippen LogP contribution in [-0.4, -0.2) is 71.2 Å². The second kappa shape index (κ2) is 9.27. The largest absolute Gasteiger partial charge is 0.379 e. The number of nitrogens with zero attached hydrogens (tertiary/aromatic N) is 2. The van der Waals surface area contributed by atoms with Gasteiger partial charge in [0, 0.05) is 33.8 Å². The van der Waals surface area contributed by atoms with Crippen LogP contribution in [0.3, 0.4) is 0 Å². The minimum atomic E-state index is -2.80. The van der Waals surface area contributed by atoms with Gasteiger partial charge in [-0.05, 0) is 31.1 Å². The number of nitrogens with one attached hydrogen (secondary N) is 1. The maximum atomic E-state index is 11.4. The summed E-state index contributed by atoms with van der Waals surface area (Å²) in [7, 11) is 0.915. The zero-order valence-corrected chi connectivity index (χ0v) is 16.6. The van der Waals surface area contributed by atoms with Gasteiger partial charge < -0.3 is 15.0 Å². The van der Waals surface area contributed by atoms with E-state index >= 15 is 0 Å². The topological polar surface area (TPSA) is 71.0 Å². The fourth-order valence-electron chi connectivity index (χ4n) is 2.50. The highest BCUT2D eigenvalue weighted by Gasteiger charge is 2.28. The fraction of sp³-hybridized carbons (Fsp3) is 0.929. The average molecular weight is 445 g/mol. The minimum Gasteiger partial charge on any atom is -0.379 e. The lowest BCUT2D eigenvalue weighted by Crippen LogP contribution is -2.42. The Morgan fingerprint density at radius 2 is 2.05 bits per heavy atom. The van der Waals surface area contributed by atoms with Crippen LogP contribution in [-0.2, 0) is 14.6 Å². The van der Waals surface area contributed by atoms with E-state index in [0.717, 1.165) is 31.4 Å². The maximum Gasteiger partial charge on any atom is 0.193 e. The number of rotatable bonds is 7. The summed E-state index contributed by atoms with van der Waals surface area (Å²) >= 11 is 0. The Bertz CT molecular complexity index is 466. The molecular weight excluding hydrogens is 417 g/mol. The van der Waals surface area contributed by atoms with Gasteiger partial charge in [-0.1, -0.05) is 0 Å². The summed E-state index contributed by atoms with van der Waals surface area (Å²) in [6.07, 6.45) is 3.37. The molecule has 0 bridgehead atoms. The van der Waals surface area contributed by atoms with Gasteiger partial charge in [0.05, 0.1) is 18.1 Å². The van der Waals surface area contributed by atoms with Crippen molar-refractivity contribution in [3.05, 3.63) is 0 Å². The van der Waals surface area contributed by atoms with Gasteiger partial charge in [-0.2, -0.15) is 0 Å². The molecule has 6 nitrogen and oxygen atoms in total. The first kappa shape index (κ1) is 20.0. The quantitative estimate of drug-likeness (QED) is 0.274. The smallest absolute Gasteiger partial charge is 0.193 e. The molecule has 0 aromatic carbocycles. The molecule has 0 aromatic rings. The van der Waals surface area contributed by atoms with Gasteiger partial charge in [0.25, 0.3) is 0 Å². The van der Waals surface area contributed by atoms with Crippen molar-refractivity contribution in [1.29, 1.82) is 0 Å². The molecule has 1 N–H and O–H groups in total. The third kappa shape index (κ3) is 6.99. The molecule has 2 aliphatic rings. The van der Waals surface area contributed by atoms with Crippen molar-refractivity contribution in [2.45, 2.75) is 19.3 Å². The van der Waals surface area contributed by atoms with Gasteiger partial charge in [-0.15, -0.1) is 24.0 Å². The van der Waals surface area contributed by atoms with Crippen LogP contribution in [0.5, 0.6) is 0 Å². The van der Waals surface area contributed by atoms with Crippen LogP contribution in [0.15, 0.2) is 4.99 Å². The van der Waals surface area contributed by atoms with Gasteiger partial charge in [0.2, 0.25) is 0 Å². The standard InChI is InChI=1S/C14H27N3O3S.HI/c1-15-14(16-9-13-5-8-21(18,19)11-13)17(2)6-7-20-10-12-3-4-12;/h12-13H,3-11H2,1-2H3,(H,15,16);1H. The van der Waals surface area contributed by atoms with Gasteiger partial charge in [0.1, 0.15) is 0 Å². The highest BCUT2D eigenvalue weighted by atomic mass is 127. The Morgan fingerprint density at radius 3 is 2.59 bits per heavy atom. The second-order valence-electron chi connectivity index (χ2n) is 6.14. The predicted molar refractivity (Wildman–Crippen MR) is 99.7 cm³/mol. The first-order valence-corrected chi connectivity index (χ1v) is 9.52. The molecule has 1 aliphatic carbocycles. The SMILES string of the molecule is CN=C(NCC1CCS(=O)(=O)C1)N(C)CCOCC1CC1.I. The van der Waals surface area contributed by atoms with Crippen molar-refractivity contribution in [1.82, 2.24) is 10.2 Å². The molecule has 22 heavy (non-hydrogen) atoms. The first-order valence-electron chi connectivity index (χ1n) is 7.70. The van der Waals surface area contributed by atoms with Gasteiger partial charge in [0.15, 0.2) is 15.8 Å². The van der Waals surface area contributed by atoms with Crippen molar-refractivity contribution in [2.75, 3.05) is 51.9 Å². The lowest BCUT2D eigenvalue weighted by Gasteiger charge is -2.23. The van der Waals surface area contributed by atoms with Crippen LogP contribution >= 0.6 is 24.0 Å². The molecule has 0 spiro atoms. The van der Waals surface area contributed by atoms with Crippen LogP contribution < -0.4 is 5.32 Å². The summed E-state index contributed by atoms with van der Waals surface area (Å²) in [6, 6.07) is 0. The number of guanidine groups is 1. The highest BCUT2D eigenvalue weighted by Crippen LogP contribution is 2.28. The van der Waals surface area contributed by atoms with Gasteiger partial charge in [-0.25, -0.2) is 8.42 Å². The monoisotopic (exact) mass is 445 g/mol. The van der Waals surface area contributed by atoms with Gasteiger partial charge >= 0.3 is 0 Å². The molecule has 1 aliphatic heterocycles. The van der Waals surface area contributed by atoms with E-state index < -0.39 is 9.84 Å². The molecule has 1 saturated carbocycles. The molecular formula is C14H28IN3O3S. The molecule has 8 heteroatoms. The third-order valence-corrected chi connectivity index (χ3v) is 5.91. The lowest BCUT2D eigenvalue weighted by molar-refractivity contribution is 0.115. The average Bonchev–Trinajstić information content (AvgIpc) is 3.19. The van der Waals surface area contributed by atoms with Crippen LogP contribution in [0.25, 0.3) is 0 Å². The highest BCUT2D eigenvalue weighted by molar-refractivity contribution is 14.0. The molecule has 1 unspecified atom stereocenters. The van der Waals surface area contributed by atoms with E-state index in [1.165, 1.54) is 12.8 Å². The normalized spacial score (nSPS) is 23.9. The summed E-state index contributed by atoms with van der Waals surface area (Å²) in [6.45, 7) is 3.03. The minimum absolute atomic E-state index is 0. The van der Waals surface area contributed by atoms with Crippen LogP contribution in [0.1, 0.15) is 19.3 Å². The van der Waals surface area contributed by atoms with Crippen molar-refractivity contribution in [3.8, 4) is 0 Å². The molecule has 0 amide bonds. The van der Waals surface area contributed by atoms with Crippen LogP contribution in [0, 0.1) is 11.8 Å². The lowest BCUT2D eigenvalue weighted by atomic mass is 10.1. The Kier molecular flexibility index (Phi) is 8.40. The van der Waals surface area contributed by atoms with Crippen molar-refractivity contribution < 1.29 is 13.2 Å². The Hall–Kier alpha value is -0.0900. The molecule has 1 atom stereocenters. The molecule has 1 heterocycles. The van der Waals surface area contributed by atoms with E-state index in [2.05, 4.69) is 10.3 Å². The molecule has 2 rings (SSSR count). The maximum absolute atomic E-state index is 11.4. The Balaban J connectivity index is 0.00000242. The number of likely N-dealkylation sites (N-methyl/N-ethyl adjacent to an activating group) is 1. The van der Waals surface area contributed by atoms with Crippen LogP contribution in [0.2, 0.25) is 0 Å². The molecule has 1 saturated heterocycles. The number of sulfone groups is 1. The molecule has 2 fully saturated rings. The second-order valence-corrected chi connectivity index (χ2v) is 8.37. The van der Waals surface area contributed by atoms with E-state index in [9.17, 15) is 8.42 Å². The zero-order chi connectivity index (χ0) is 15.3. The van der Waals surface area contributed by atoms with Gasteiger partial charge in [-0.3, -0.25) is 4.99 Å². The van der Waals surface area contributed by atoms with Crippen LogP contribution in [0.4, 0.5) is 0 Å². The zero-order valence-electron chi connectivity index (χ0n) is 13.5. The first-order chi connectivity index (χ1) is 10.00. The van der Waals surface area contributed by atoms with Crippen molar-refractivity contribution >= 4 is 39.8 Å². The number of hydrogen-bond donors (Lipinski definition) is 1. The van der Waals surface area contributed by atoms with Crippen molar-refractivity contribution in [3.63, 3.8) is 0 Å². The van der Waals surface area contributed by atoms with E-state index in [0.29, 0.717) is 24.7 Å². The van der Waals surface area contributed by atoms with E-state index in [1.807, 2.05) is 11.9 Å². The van der Waals surface area contributed by atoms with E-state index in [-0.39, 0.29) is 29.9 Å². The summed E-state index contributed by atoms with van der Waals surface area (Å²) in [5.74, 6) is 2.41. The number of hydrogen-bond acceptors (Lipinski definition) is 4. The third-order valence-electron chi connectivity index (χ3n) is 4.07. The molecule has 130 valence electrons. The van der Waals surface area contributed by atoms with E-state index in [4.69, 9.17) is 4.74 Å². The number of aliphatic imine (C=N–C) groups is 1. The summed E-state index contributed by atoms with van der Waals surface area (Å²) in [5.41, 5.74) is 0. The fourth-order valence-corrected chi connectivity index (χ4v) is 4.36. The number of ether oxygens (including phenoxy) is 1. The Labute approximate surface area is 151 Å². The van der Waals surface area contributed by atoms with E-state index in [1.54, 1.807) is 7.05 Å². The summed E-state index contributed by atoms with van der Waals surface area (Å²) in [4.78, 5) is 6.26. The molecule has 0 radical (unpaired) electrons. The predicted octanol–water partition coefficient (Wildman–Crippen LogP) is 0.973.